The molecule has 0 aliphatic carbocycles. The monoisotopic (exact) mass is 173 g/mol. The molecule has 0 aliphatic rings. The van der Waals surface area contributed by atoms with Crippen LogP contribution in [0.15, 0.2) is 0 Å². The maximum atomic E-state index is 9.99. The lowest BCUT2D eigenvalue weighted by atomic mass is 11.0. The largest absolute Gasteiger partial charge is 0.506 e. The summed E-state index contributed by atoms with van der Waals surface area (Å²) in [6, 6.07) is 0. The minimum atomic E-state index is -4.06. The Hall–Kier alpha value is 0.210. The van der Waals surface area contributed by atoms with E-state index in [2.05, 4.69) is 0 Å². The molecule has 1 unspecified atom stereocenters. The van der Waals surface area contributed by atoms with Crippen molar-refractivity contribution in [1.82, 2.24) is 0 Å². The third-order valence-corrected chi connectivity index (χ3v) is 2.35. The maximum Gasteiger partial charge on any atom is 0.506 e. The van der Waals surface area contributed by atoms with Crippen molar-refractivity contribution in [3.05, 3.63) is 0 Å². The summed E-state index contributed by atoms with van der Waals surface area (Å²) in [5.74, 6) is 0. The molecule has 0 aliphatic heterocycles. The van der Waals surface area contributed by atoms with Gasteiger partial charge >= 0.3 is 15.6 Å². The summed E-state index contributed by atoms with van der Waals surface area (Å²) in [6.07, 6.45) is -0.849. The Morgan fingerprint density at radius 3 is 2.00 bits per heavy atom. The molecular formula is C2H7O5P2+. The minimum Gasteiger partial charge on any atom is -0.324 e. The second-order valence-corrected chi connectivity index (χ2v) is 4.39. The molecule has 0 aromatic heterocycles. The van der Waals surface area contributed by atoms with Crippen LogP contribution in [0.1, 0.15) is 0 Å². The highest BCUT2D eigenvalue weighted by atomic mass is 31.2. The fourth-order valence-electron chi connectivity index (χ4n) is 0.216. The van der Waals surface area contributed by atoms with Crippen molar-refractivity contribution < 1.29 is 23.8 Å². The number of hydrogen-bond donors (Lipinski definition) is 3. The summed E-state index contributed by atoms with van der Waals surface area (Å²) >= 11 is 0. The molecule has 1 atom stereocenters. The van der Waals surface area contributed by atoms with Gasteiger partial charge in [-0.15, -0.1) is 0 Å². The third-order valence-electron chi connectivity index (χ3n) is 0.583. The molecule has 0 rings (SSSR count). The van der Waals surface area contributed by atoms with Gasteiger partial charge in [-0.3, -0.25) is 4.57 Å². The summed E-state index contributed by atoms with van der Waals surface area (Å²) < 4.78 is 19.8. The van der Waals surface area contributed by atoms with Crippen molar-refractivity contribution in [2.75, 3.05) is 12.3 Å². The van der Waals surface area contributed by atoms with E-state index in [9.17, 15) is 9.13 Å². The van der Waals surface area contributed by atoms with E-state index in [1.807, 2.05) is 0 Å². The van der Waals surface area contributed by atoms with E-state index in [0.29, 0.717) is 0 Å². The zero-order valence-electron chi connectivity index (χ0n) is 4.47. The normalized spacial score (nSPS) is 13.4. The first-order valence-electron chi connectivity index (χ1n) is 2.10. The molecule has 54 valence electrons. The standard InChI is InChI=1S/C2H6O5P2/c3-8(4)1-2-9(5,6)7/h1-2H2,(H2-,3,4,5,6,7)/p+1. The maximum absolute atomic E-state index is 9.99. The lowest BCUT2D eigenvalue weighted by Gasteiger charge is -1.94. The lowest BCUT2D eigenvalue weighted by Crippen LogP contribution is -1.89. The Morgan fingerprint density at radius 2 is 1.89 bits per heavy atom. The van der Waals surface area contributed by atoms with Gasteiger partial charge in [-0.1, -0.05) is 0 Å². The number of rotatable bonds is 3. The Bertz CT molecular complexity index is 147. The van der Waals surface area contributed by atoms with Gasteiger partial charge in [-0.25, -0.2) is 0 Å². The van der Waals surface area contributed by atoms with E-state index in [1.165, 1.54) is 0 Å². The van der Waals surface area contributed by atoms with E-state index in [-0.39, 0.29) is 6.16 Å². The SMILES string of the molecule is O=[P+](O)CCP(=O)(O)O. The van der Waals surface area contributed by atoms with Crippen molar-refractivity contribution in [2.24, 2.45) is 0 Å². The van der Waals surface area contributed by atoms with Crippen LogP contribution in [0.25, 0.3) is 0 Å². The minimum absolute atomic E-state index is 0.334. The molecule has 0 spiro atoms. The van der Waals surface area contributed by atoms with Crippen LogP contribution < -0.4 is 0 Å². The van der Waals surface area contributed by atoms with Gasteiger partial charge < -0.3 is 9.79 Å². The Balaban J connectivity index is 3.53. The van der Waals surface area contributed by atoms with Crippen molar-refractivity contribution in [2.45, 2.75) is 0 Å². The lowest BCUT2D eigenvalue weighted by molar-refractivity contribution is 0.374. The van der Waals surface area contributed by atoms with Crippen LogP contribution in [0.3, 0.4) is 0 Å². The second-order valence-electron chi connectivity index (χ2n) is 1.46. The summed E-state index contributed by atoms with van der Waals surface area (Å²) in [5, 5.41) is 0. The average molecular weight is 173 g/mol. The second kappa shape index (κ2) is 3.40. The van der Waals surface area contributed by atoms with Gasteiger partial charge in [0, 0.05) is 0 Å². The van der Waals surface area contributed by atoms with E-state index in [4.69, 9.17) is 14.7 Å². The topological polar surface area (TPSA) is 94.8 Å². The van der Waals surface area contributed by atoms with E-state index in [1.54, 1.807) is 0 Å². The van der Waals surface area contributed by atoms with Gasteiger partial charge in [0.1, 0.15) is 0 Å². The van der Waals surface area contributed by atoms with Crippen LogP contribution in [-0.2, 0) is 9.13 Å². The predicted octanol–water partition coefficient (Wildman–Crippen LogP) is -0.101. The third kappa shape index (κ3) is 8.21. The van der Waals surface area contributed by atoms with Gasteiger partial charge in [0.05, 0.1) is 6.16 Å². The van der Waals surface area contributed by atoms with Crippen LogP contribution in [0.5, 0.6) is 0 Å². The Labute approximate surface area is 52.7 Å². The van der Waals surface area contributed by atoms with Crippen molar-refractivity contribution >= 4 is 15.6 Å². The highest BCUT2D eigenvalue weighted by molar-refractivity contribution is 7.53. The summed E-state index contributed by atoms with van der Waals surface area (Å²) in [5.41, 5.74) is 0. The first-order chi connectivity index (χ1) is 3.92. The first-order valence-corrected chi connectivity index (χ1v) is 5.29. The molecule has 0 heterocycles. The molecular weight excluding hydrogens is 166 g/mol. The first kappa shape index (κ1) is 9.21. The molecule has 7 heteroatoms. The highest BCUT2D eigenvalue weighted by Gasteiger charge is 2.20. The zero-order chi connectivity index (χ0) is 7.49. The van der Waals surface area contributed by atoms with Crippen molar-refractivity contribution in [1.29, 1.82) is 0 Å². The van der Waals surface area contributed by atoms with Gasteiger partial charge in [0.2, 0.25) is 0 Å². The Morgan fingerprint density at radius 1 is 1.44 bits per heavy atom. The quantitative estimate of drug-likeness (QED) is 0.518. The molecule has 3 N–H and O–H groups in total. The van der Waals surface area contributed by atoms with E-state index in [0.717, 1.165) is 0 Å². The molecule has 0 aromatic rings. The smallest absolute Gasteiger partial charge is 0.324 e. The van der Waals surface area contributed by atoms with E-state index >= 15 is 0 Å². The fraction of sp³-hybridized carbons (Fsp3) is 1.00. The van der Waals surface area contributed by atoms with Gasteiger partial charge in [0.15, 0.2) is 6.16 Å². The molecule has 0 fully saturated rings. The molecule has 0 saturated carbocycles. The van der Waals surface area contributed by atoms with E-state index < -0.39 is 21.8 Å². The van der Waals surface area contributed by atoms with Crippen molar-refractivity contribution in [3.8, 4) is 0 Å². The average Bonchev–Trinajstić information content (AvgIpc) is 1.59. The summed E-state index contributed by atoms with van der Waals surface area (Å²) in [4.78, 5) is 24.4. The van der Waals surface area contributed by atoms with Crippen LogP contribution in [0, 0.1) is 0 Å². The highest BCUT2D eigenvalue weighted by Crippen LogP contribution is 2.36. The Kier molecular flexibility index (Phi) is 3.48. The molecule has 9 heavy (non-hydrogen) atoms. The van der Waals surface area contributed by atoms with Crippen LogP contribution in [-0.4, -0.2) is 27.0 Å². The molecule has 0 saturated heterocycles. The van der Waals surface area contributed by atoms with Crippen LogP contribution in [0.4, 0.5) is 0 Å². The number of hydrogen-bond acceptors (Lipinski definition) is 2. The molecule has 5 nitrogen and oxygen atoms in total. The van der Waals surface area contributed by atoms with Gasteiger partial charge in [-0.05, 0) is 4.57 Å². The van der Waals surface area contributed by atoms with Crippen LogP contribution >= 0.6 is 15.6 Å². The summed E-state index contributed by atoms with van der Waals surface area (Å²) in [7, 11) is -6.47. The van der Waals surface area contributed by atoms with Crippen LogP contribution in [0.2, 0.25) is 0 Å². The molecule has 0 aromatic carbocycles. The fourth-order valence-corrected chi connectivity index (χ4v) is 1.94. The molecule has 0 amide bonds. The molecule has 0 bridgehead atoms. The van der Waals surface area contributed by atoms with Gasteiger partial charge in [0.25, 0.3) is 0 Å². The zero-order valence-corrected chi connectivity index (χ0v) is 6.26. The van der Waals surface area contributed by atoms with Gasteiger partial charge in [-0.2, -0.15) is 4.89 Å². The van der Waals surface area contributed by atoms with Crippen molar-refractivity contribution in [3.63, 3.8) is 0 Å². The molecule has 0 radical (unpaired) electrons. The predicted molar refractivity (Wildman–Crippen MR) is 31.6 cm³/mol. The summed E-state index contributed by atoms with van der Waals surface area (Å²) in [6.45, 7) is 0.